The van der Waals surface area contributed by atoms with Gasteiger partial charge in [-0.2, -0.15) is 0 Å². The number of rotatable bonds is 4. The first-order valence-electron chi connectivity index (χ1n) is 5.92. The second-order valence-corrected chi connectivity index (χ2v) is 6.42. The molecule has 0 aliphatic heterocycles. The van der Waals surface area contributed by atoms with E-state index in [2.05, 4.69) is 4.72 Å². The minimum absolute atomic E-state index is 0.136. The molecule has 3 nitrogen and oxygen atoms in total. The van der Waals surface area contributed by atoms with Crippen molar-refractivity contribution in [2.75, 3.05) is 0 Å². The van der Waals surface area contributed by atoms with E-state index in [4.69, 9.17) is 11.6 Å². The second kappa shape index (κ2) is 5.91. The zero-order valence-electron chi connectivity index (χ0n) is 10.7. The first-order chi connectivity index (χ1) is 9.40. The van der Waals surface area contributed by atoms with Gasteiger partial charge in [0.05, 0.1) is 5.02 Å². The highest BCUT2D eigenvalue weighted by molar-refractivity contribution is 7.89. The van der Waals surface area contributed by atoms with Gasteiger partial charge in [-0.15, -0.1) is 0 Å². The Balaban J connectivity index is 2.28. The van der Waals surface area contributed by atoms with Gasteiger partial charge in [-0.1, -0.05) is 41.9 Å². The Morgan fingerprint density at radius 1 is 1.15 bits per heavy atom. The van der Waals surface area contributed by atoms with E-state index in [1.807, 2.05) is 30.3 Å². The van der Waals surface area contributed by atoms with Crippen LogP contribution in [0.4, 0.5) is 4.39 Å². The number of nitrogens with one attached hydrogen (secondary N) is 1. The fourth-order valence-electron chi connectivity index (χ4n) is 1.80. The Hall–Kier alpha value is -1.43. The van der Waals surface area contributed by atoms with Crippen LogP contribution in [0.3, 0.4) is 0 Å². The number of halogens is 2. The normalized spacial score (nSPS) is 13.2. The van der Waals surface area contributed by atoms with Crippen molar-refractivity contribution >= 4 is 21.6 Å². The monoisotopic (exact) mass is 313 g/mol. The molecule has 0 aliphatic rings. The van der Waals surface area contributed by atoms with Crippen molar-refractivity contribution in [3.8, 4) is 0 Å². The van der Waals surface area contributed by atoms with E-state index in [9.17, 15) is 12.8 Å². The van der Waals surface area contributed by atoms with Crippen LogP contribution >= 0.6 is 11.6 Å². The summed E-state index contributed by atoms with van der Waals surface area (Å²) < 4.78 is 39.9. The van der Waals surface area contributed by atoms with E-state index in [0.29, 0.717) is 0 Å². The van der Waals surface area contributed by atoms with Crippen LogP contribution in [0.1, 0.15) is 18.5 Å². The summed E-state index contributed by atoms with van der Waals surface area (Å²) in [5, 5.41) is -0.141. The molecule has 106 valence electrons. The summed E-state index contributed by atoms with van der Waals surface area (Å²) >= 11 is 5.78. The van der Waals surface area contributed by atoms with Crippen LogP contribution in [0, 0.1) is 5.82 Å². The fraction of sp³-hybridized carbons (Fsp3) is 0.143. The molecule has 2 aromatic rings. The van der Waals surface area contributed by atoms with E-state index in [1.165, 1.54) is 0 Å². The lowest BCUT2D eigenvalue weighted by molar-refractivity contribution is 0.566. The van der Waals surface area contributed by atoms with Crippen LogP contribution in [0.25, 0.3) is 0 Å². The van der Waals surface area contributed by atoms with Gasteiger partial charge < -0.3 is 0 Å². The van der Waals surface area contributed by atoms with E-state index in [1.54, 1.807) is 6.92 Å². The number of hydrogen-bond acceptors (Lipinski definition) is 2. The minimum atomic E-state index is -3.80. The second-order valence-electron chi connectivity index (χ2n) is 4.33. The van der Waals surface area contributed by atoms with Gasteiger partial charge in [-0.25, -0.2) is 17.5 Å². The molecule has 0 fully saturated rings. The predicted molar refractivity (Wildman–Crippen MR) is 76.6 cm³/mol. The molecule has 1 atom stereocenters. The number of benzene rings is 2. The summed E-state index contributed by atoms with van der Waals surface area (Å²) in [4.78, 5) is -0.136. The number of sulfonamides is 1. The molecule has 2 rings (SSSR count). The topological polar surface area (TPSA) is 46.2 Å². The van der Waals surface area contributed by atoms with Crippen LogP contribution in [0.15, 0.2) is 53.4 Å². The molecule has 0 radical (unpaired) electrons. The quantitative estimate of drug-likeness (QED) is 0.938. The zero-order chi connectivity index (χ0) is 14.8. The molecule has 0 aliphatic carbocycles. The summed E-state index contributed by atoms with van der Waals surface area (Å²) in [5.41, 5.74) is 0.828. The average Bonchev–Trinajstić information content (AvgIpc) is 2.38. The fourth-order valence-corrected chi connectivity index (χ4v) is 3.56. The van der Waals surface area contributed by atoms with E-state index in [0.717, 1.165) is 23.8 Å². The Kier molecular flexibility index (Phi) is 4.42. The Morgan fingerprint density at radius 3 is 2.40 bits per heavy atom. The lowest BCUT2D eigenvalue weighted by atomic mass is 10.1. The zero-order valence-corrected chi connectivity index (χ0v) is 12.2. The third kappa shape index (κ3) is 3.36. The van der Waals surface area contributed by atoms with Gasteiger partial charge in [0.15, 0.2) is 0 Å². The molecule has 0 amide bonds. The molecule has 6 heteroatoms. The van der Waals surface area contributed by atoms with E-state index in [-0.39, 0.29) is 9.92 Å². The van der Waals surface area contributed by atoms with Gasteiger partial charge in [0.25, 0.3) is 0 Å². The SMILES string of the molecule is CC(NS(=O)(=O)c1ccc(F)cc1Cl)c1ccccc1. The van der Waals surface area contributed by atoms with Gasteiger partial charge in [0, 0.05) is 6.04 Å². The molecule has 0 saturated carbocycles. The van der Waals surface area contributed by atoms with Crippen molar-refractivity contribution in [2.24, 2.45) is 0 Å². The lowest BCUT2D eigenvalue weighted by Crippen LogP contribution is -2.27. The lowest BCUT2D eigenvalue weighted by Gasteiger charge is -2.15. The van der Waals surface area contributed by atoms with Crippen LogP contribution in [-0.4, -0.2) is 8.42 Å². The Morgan fingerprint density at radius 2 is 1.80 bits per heavy atom. The Bertz CT molecular complexity index is 704. The average molecular weight is 314 g/mol. The van der Waals surface area contributed by atoms with Crippen LogP contribution in [0.5, 0.6) is 0 Å². The molecular weight excluding hydrogens is 301 g/mol. The third-order valence-corrected chi connectivity index (χ3v) is 4.84. The maximum Gasteiger partial charge on any atom is 0.242 e. The standard InChI is InChI=1S/C14H13ClFNO2S/c1-10(11-5-3-2-4-6-11)17-20(18,19)14-8-7-12(16)9-13(14)15/h2-10,17H,1H3. The van der Waals surface area contributed by atoms with Crippen molar-refractivity contribution in [2.45, 2.75) is 17.9 Å². The first-order valence-corrected chi connectivity index (χ1v) is 7.78. The molecule has 0 spiro atoms. The molecule has 0 aromatic heterocycles. The summed E-state index contributed by atoms with van der Waals surface area (Å²) in [6, 6.07) is 11.9. The Labute approximate surface area is 122 Å². The number of hydrogen-bond donors (Lipinski definition) is 1. The van der Waals surface area contributed by atoms with Gasteiger partial charge in [0.1, 0.15) is 10.7 Å². The molecule has 20 heavy (non-hydrogen) atoms. The van der Waals surface area contributed by atoms with Gasteiger partial charge in [-0.3, -0.25) is 0 Å². The predicted octanol–water partition coefficient (Wildman–Crippen LogP) is 3.52. The van der Waals surface area contributed by atoms with E-state index < -0.39 is 21.9 Å². The molecule has 1 unspecified atom stereocenters. The van der Waals surface area contributed by atoms with Crippen LogP contribution < -0.4 is 4.72 Å². The highest BCUT2D eigenvalue weighted by Gasteiger charge is 2.21. The third-order valence-electron chi connectivity index (χ3n) is 2.81. The summed E-state index contributed by atoms with van der Waals surface area (Å²) in [6.07, 6.45) is 0. The van der Waals surface area contributed by atoms with Crippen molar-refractivity contribution in [1.29, 1.82) is 0 Å². The highest BCUT2D eigenvalue weighted by atomic mass is 35.5. The molecule has 0 saturated heterocycles. The first kappa shape index (κ1) is 15.0. The van der Waals surface area contributed by atoms with Crippen molar-refractivity contribution in [3.05, 3.63) is 64.9 Å². The summed E-state index contributed by atoms with van der Waals surface area (Å²) in [5.74, 6) is -0.579. The van der Waals surface area contributed by atoms with Crippen molar-refractivity contribution < 1.29 is 12.8 Å². The van der Waals surface area contributed by atoms with Crippen molar-refractivity contribution in [1.82, 2.24) is 4.72 Å². The van der Waals surface area contributed by atoms with E-state index >= 15 is 0 Å². The molecule has 2 aromatic carbocycles. The summed E-state index contributed by atoms with van der Waals surface area (Å²) in [7, 11) is -3.80. The highest BCUT2D eigenvalue weighted by Crippen LogP contribution is 2.24. The largest absolute Gasteiger partial charge is 0.242 e. The molecular formula is C14H13ClFNO2S. The van der Waals surface area contributed by atoms with Crippen LogP contribution in [0.2, 0.25) is 5.02 Å². The minimum Gasteiger partial charge on any atom is -0.207 e. The molecule has 1 N–H and O–H groups in total. The molecule has 0 heterocycles. The van der Waals surface area contributed by atoms with Crippen molar-refractivity contribution in [3.63, 3.8) is 0 Å². The molecule has 0 bridgehead atoms. The van der Waals surface area contributed by atoms with Gasteiger partial charge in [0.2, 0.25) is 10.0 Å². The maximum absolute atomic E-state index is 13.0. The van der Waals surface area contributed by atoms with Gasteiger partial charge in [-0.05, 0) is 30.7 Å². The summed E-state index contributed by atoms with van der Waals surface area (Å²) in [6.45, 7) is 1.73. The smallest absolute Gasteiger partial charge is 0.207 e. The van der Waals surface area contributed by atoms with Gasteiger partial charge >= 0.3 is 0 Å². The maximum atomic E-state index is 13.0. The van der Waals surface area contributed by atoms with Crippen LogP contribution in [-0.2, 0) is 10.0 Å².